The molecule has 0 radical (unpaired) electrons. The van der Waals surface area contributed by atoms with Crippen LogP contribution < -0.4 is 0 Å². The molecule has 0 saturated carbocycles. The second-order valence-electron chi connectivity index (χ2n) is 4.53. The lowest BCUT2D eigenvalue weighted by molar-refractivity contribution is 0.218. The monoisotopic (exact) mass is 434 g/mol. The Labute approximate surface area is 134 Å². The normalized spacial score (nSPS) is 12.5. The smallest absolute Gasteiger partial charge is 0.124 e. The Morgan fingerprint density at radius 2 is 1.79 bits per heavy atom. The van der Waals surface area contributed by atoms with Crippen LogP contribution in [0, 0.1) is 23.2 Å². The summed E-state index contributed by atoms with van der Waals surface area (Å²) in [6.07, 6.45) is -0.737. The topological polar surface area (TPSA) is 20.2 Å². The van der Waals surface area contributed by atoms with Crippen LogP contribution in [0.2, 0.25) is 0 Å². The largest absolute Gasteiger partial charge is 0.384 e. The molecule has 1 nitrogen and oxygen atoms in total. The molecule has 1 atom stereocenters. The van der Waals surface area contributed by atoms with Gasteiger partial charge in [-0.05, 0) is 76.9 Å². The van der Waals surface area contributed by atoms with Crippen molar-refractivity contribution in [3.05, 3.63) is 66.4 Å². The number of aliphatic hydroxyl groups excluding tert-OH is 1. The first-order chi connectivity index (χ1) is 8.90. The van der Waals surface area contributed by atoms with Crippen LogP contribution in [0.1, 0.15) is 28.4 Å². The van der Waals surface area contributed by atoms with Crippen molar-refractivity contribution in [3.8, 4) is 0 Å². The SMILES string of the molecule is Cc1cc(C(O)c2ccc(F)cc2I)c(C)cc1Br. The number of aliphatic hydroxyl groups is 1. The van der Waals surface area contributed by atoms with Gasteiger partial charge in [0.05, 0.1) is 0 Å². The molecular formula is C15H13BrFIO. The van der Waals surface area contributed by atoms with Gasteiger partial charge in [0.2, 0.25) is 0 Å². The zero-order valence-electron chi connectivity index (χ0n) is 10.5. The van der Waals surface area contributed by atoms with Crippen LogP contribution in [0.15, 0.2) is 34.8 Å². The lowest BCUT2D eigenvalue weighted by Crippen LogP contribution is -2.05. The van der Waals surface area contributed by atoms with Crippen molar-refractivity contribution in [1.29, 1.82) is 0 Å². The van der Waals surface area contributed by atoms with Gasteiger partial charge in [-0.2, -0.15) is 0 Å². The van der Waals surface area contributed by atoms with Crippen LogP contribution in [-0.2, 0) is 0 Å². The van der Waals surface area contributed by atoms with E-state index >= 15 is 0 Å². The average Bonchev–Trinajstić information content (AvgIpc) is 2.33. The summed E-state index contributed by atoms with van der Waals surface area (Å²) in [6, 6.07) is 8.40. The molecular weight excluding hydrogens is 422 g/mol. The summed E-state index contributed by atoms with van der Waals surface area (Å²) in [5, 5.41) is 10.5. The van der Waals surface area contributed by atoms with Crippen molar-refractivity contribution in [3.63, 3.8) is 0 Å². The first-order valence-corrected chi connectivity index (χ1v) is 7.67. The van der Waals surface area contributed by atoms with Gasteiger partial charge < -0.3 is 5.11 Å². The molecule has 0 aliphatic rings. The maximum atomic E-state index is 13.1. The first-order valence-electron chi connectivity index (χ1n) is 5.80. The van der Waals surface area contributed by atoms with Crippen molar-refractivity contribution in [2.24, 2.45) is 0 Å². The summed E-state index contributed by atoms with van der Waals surface area (Å²) in [6.45, 7) is 3.94. The van der Waals surface area contributed by atoms with Gasteiger partial charge in [0.25, 0.3) is 0 Å². The minimum Gasteiger partial charge on any atom is -0.384 e. The van der Waals surface area contributed by atoms with E-state index in [-0.39, 0.29) is 5.82 Å². The molecule has 0 spiro atoms. The van der Waals surface area contributed by atoms with E-state index in [4.69, 9.17) is 0 Å². The molecule has 0 heterocycles. The van der Waals surface area contributed by atoms with Gasteiger partial charge in [-0.15, -0.1) is 0 Å². The van der Waals surface area contributed by atoms with Crippen LogP contribution in [0.3, 0.4) is 0 Å². The lowest BCUT2D eigenvalue weighted by Gasteiger charge is -2.17. The van der Waals surface area contributed by atoms with Crippen LogP contribution in [-0.4, -0.2) is 5.11 Å². The van der Waals surface area contributed by atoms with Crippen molar-refractivity contribution in [2.75, 3.05) is 0 Å². The van der Waals surface area contributed by atoms with E-state index in [1.807, 2.05) is 48.6 Å². The third-order valence-corrected chi connectivity index (χ3v) is 4.89. The van der Waals surface area contributed by atoms with Gasteiger partial charge in [-0.3, -0.25) is 0 Å². The molecule has 0 amide bonds. The highest BCUT2D eigenvalue weighted by Crippen LogP contribution is 2.31. The van der Waals surface area contributed by atoms with E-state index in [1.54, 1.807) is 6.07 Å². The number of halogens is 3. The third kappa shape index (κ3) is 3.17. The Kier molecular flexibility index (Phi) is 4.63. The number of rotatable bonds is 2. The highest BCUT2D eigenvalue weighted by atomic mass is 127. The molecule has 19 heavy (non-hydrogen) atoms. The Morgan fingerprint density at radius 1 is 1.11 bits per heavy atom. The number of benzene rings is 2. The first kappa shape index (κ1) is 14.9. The summed E-state index contributed by atoms with van der Waals surface area (Å²) in [5.41, 5.74) is 3.65. The predicted molar refractivity (Wildman–Crippen MR) is 86.8 cm³/mol. The molecule has 100 valence electrons. The molecule has 0 fully saturated rings. The zero-order valence-corrected chi connectivity index (χ0v) is 14.3. The van der Waals surface area contributed by atoms with Gasteiger partial charge in [0.15, 0.2) is 0 Å². The summed E-state index contributed by atoms with van der Waals surface area (Å²) in [7, 11) is 0. The van der Waals surface area contributed by atoms with E-state index in [0.29, 0.717) is 0 Å². The van der Waals surface area contributed by atoms with Crippen LogP contribution in [0.25, 0.3) is 0 Å². The van der Waals surface area contributed by atoms with Crippen molar-refractivity contribution >= 4 is 38.5 Å². The fourth-order valence-corrected chi connectivity index (χ4v) is 3.22. The predicted octanol–water partition coefficient (Wildman–Crippen LogP) is 4.89. The highest BCUT2D eigenvalue weighted by molar-refractivity contribution is 14.1. The van der Waals surface area contributed by atoms with Crippen LogP contribution in [0.5, 0.6) is 0 Å². The van der Waals surface area contributed by atoms with E-state index in [0.717, 1.165) is 30.3 Å². The van der Waals surface area contributed by atoms with E-state index in [2.05, 4.69) is 15.9 Å². The standard InChI is InChI=1S/C15H13BrFIO/c1-8-6-13(16)9(2)5-12(8)15(19)11-4-3-10(17)7-14(11)18/h3-7,15,19H,1-2H3. The average molecular weight is 435 g/mol. The molecule has 0 aromatic heterocycles. The highest BCUT2D eigenvalue weighted by Gasteiger charge is 2.17. The Hall–Kier alpha value is -0.460. The fraction of sp³-hybridized carbons (Fsp3) is 0.200. The number of hydrogen-bond acceptors (Lipinski definition) is 1. The van der Waals surface area contributed by atoms with Gasteiger partial charge in [-0.25, -0.2) is 4.39 Å². The molecule has 0 saturated heterocycles. The van der Waals surface area contributed by atoms with Gasteiger partial charge >= 0.3 is 0 Å². The fourth-order valence-electron chi connectivity index (χ4n) is 1.99. The molecule has 4 heteroatoms. The summed E-state index contributed by atoms with van der Waals surface area (Å²) in [5.74, 6) is -0.288. The minimum atomic E-state index is -0.737. The third-order valence-electron chi connectivity index (χ3n) is 3.10. The molecule has 0 aliphatic carbocycles. The molecule has 1 unspecified atom stereocenters. The summed E-state index contributed by atoms with van der Waals surface area (Å²) < 4.78 is 14.9. The van der Waals surface area contributed by atoms with Gasteiger partial charge in [-0.1, -0.05) is 28.1 Å². The molecule has 0 aliphatic heterocycles. The second-order valence-corrected chi connectivity index (χ2v) is 6.54. The van der Waals surface area contributed by atoms with Crippen LogP contribution in [0.4, 0.5) is 4.39 Å². The van der Waals surface area contributed by atoms with Crippen molar-refractivity contribution in [2.45, 2.75) is 20.0 Å². The summed E-state index contributed by atoms with van der Waals surface area (Å²) in [4.78, 5) is 0. The number of hydrogen-bond donors (Lipinski definition) is 1. The van der Waals surface area contributed by atoms with E-state index in [9.17, 15) is 9.50 Å². The molecule has 0 bridgehead atoms. The lowest BCUT2D eigenvalue weighted by atomic mass is 9.96. The molecule has 2 aromatic rings. The van der Waals surface area contributed by atoms with Crippen molar-refractivity contribution < 1.29 is 9.50 Å². The molecule has 1 N–H and O–H groups in total. The Balaban J connectivity index is 2.49. The minimum absolute atomic E-state index is 0.288. The second kappa shape index (κ2) is 5.89. The van der Waals surface area contributed by atoms with Crippen molar-refractivity contribution in [1.82, 2.24) is 0 Å². The Bertz CT molecular complexity index is 628. The van der Waals surface area contributed by atoms with Gasteiger partial charge in [0, 0.05) is 8.04 Å². The Morgan fingerprint density at radius 3 is 2.42 bits per heavy atom. The zero-order chi connectivity index (χ0) is 14.2. The number of aryl methyl sites for hydroxylation is 2. The molecule has 2 rings (SSSR count). The molecule has 2 aromatic carbocycles. The van der Waals surface area contributed by atoms with Gasteiger partial charge in [0.1, 0.15) is 11.9 Å². The van der Waals surface area contributed by atoms with E-state index < -0.39 is 6.10 Å². The van der Waals surface area contributed by atoms with E-state index in [1.165, 1.54) is 12.1 Å². The van der Waals surface area contributed by atoms with Crippen LogP contribution >= 0.6 is 38.5 Å². The quantitative estimate of drug-likeness (QED) is 0.667. The summed E-state index contributed by atoms with van der Waals surface area (Å²) >= 11 is 5.52. The maximum absolute atomic E-state index is 13.1. The maximum Gasteiger partial charge on any atom is 0.124 e.